The molecule has 35 heavy (non-hydrogen) atoms. The van der Waals surface area contributed by atoms with Gasteiger partial charge in [-0.15, -0.1) is 0 Å². The Kier molecular flexibility index (Phi) is 3.29. The molecule has 0 aromatic heterocycles. The molecule has 164 valence electrons. The van der Waals surface area contributed by atoms with Crippen molar-refractivity contribution >= 4 is 17.1 Å². The van der Waals surface area contributed by atoms with Crippen LogP contribution in [0.15, 0.2) is 91.0 Å². The second-order valence-corrected chi connectivity index (χ2v) is 10.6. The van der Waals surface area contributed by atoms with Crippen LogP contribution in [0.25, 0.3) is 22.3 Å². The van der Waals surface area contributed by atoms with Crippen LogP contribution in [0, 0.1) is 0 Å². The molecule has 2 aliphatic carbocycles. The fourth-order valence-corrected chi connectivity index (χ4v) is 7.14. The molecule has 0 radical (unpaired) electrons. The zero-order valence-corrected chi connectivity index (χ0v) is 19.4. The molecule has 1 nitrogen and oxygen atoms in total. The molecule has 0 amide bonds. The minimum Gasteiger partial charge on any atom is -0.309 e. The van der Waals surface area contributed by atoms with Gasteiger partial charge in [-0.3, -0.25) is 0 Å². The van der Waals surface area contributed by atoms with Gasteiger partial charge in [-0.25, -0.2) is 0 Å². The van der Waals surface area contributed by atoms with Gasteiger partial charge in [0.2, 0.25) is 0 Å². The number of rotatable bonds is 0. The first-order valence-corrected chi connectivity index (χ1v) is 12.7. The molecule has 0 saturated carbocycles. The van der Waals surface area contributed by atoms with Crippen LogP contribution in [-0.2, 0) is 25.7 Å². The van der Waals surface area contributed by atoms with Crippen molar-refractivity contribution in [1.82, 2.24) is 0 Å². The standard InChI is InChI=1S/C34H23N/c1-3-10-28-20(6-1)12-24-16-26-14-22-8-5-9-23-15-27-17-25-13-21-7-2-4-11-29(21)31(25)19-33(27)35(34(22)23)32(26)18-30(24)28/h1-11,16-19H,12-15H2. The Labute approximate surface area is 205 Å². The third kappa shape index (κ3) is 2.33. The summed E-state index contributed by atoms with van der Waals surface area (Å²) < 4.78 is 0. The first kappa shape index (κ1) is 18.3. The largest absolute Gasteiger partial charge is 0.309 e. The number of para-hydroxylation sites is 1. The summed E-state index contributed by atoms with van der Waals surface area (Å²) in [6, 6.07) is 34.8. The van der Waals surface area contributed by atoms with Crippen LogP contribution in [-0.4, -0.2) is 0 Å². The maximum absolute atomic E-state index is 2.60. The van der Waals surface area contributed by atoms with Crippen molar-refractivity contribution in [3.63, 3.8) is 0 Å². The Morgan fingerprint density at radius 3 is 1.37 bits per heavy atom. The van der Waals surface area contributed by atoms with Crippen LogP contribution in [0.3, 0.4) is 0 Å². The Balaban J connectivity index is 1.32. The summed E-state index contributed by atoms with van der Waals surface area (Å²) in [5.74, 6) is 0. The molecule has 0 saturated heterocycles. The van der Waals surface area contributed by atoms with E-state index < -0.39 is 0 Å². The third-order valence-electron chi connectivity index (χ3n) is 8.66. The second-order valence-electron chi connectivity index (χ2n) is 10.6. The van der Waals surface area contributed by atoms with Crippen molar-refractivity contribution in [3.05, 3.63) is 136 Å². The van der Waals surface area contributed by atoms with Gasteiger partial charge in [0.05, 0.1) is 17.1 Å². The van der Waals surface area contributed by atoms with Crippen LogP contribution in [0.4, 0.5) is 17.1 Å². The second kappa shape index (κ2) is 6.31. The van der Waals surface area contributed by atoms with Crippen molar-refractivity contribution in [2.45, 2.75) is 25.7 Å². The molecule has 2 heterocycles. The minimum absolute atomic E-state index is 1.02. The Hall–Kier alpha value is -4.10. The van der Waals surface area contributed by atoms with Gasteiger partial charge in [-0.2, -0.15) is 0 Å². The van der Waals surface area contributed by atoms with Gasteiger partial charge in [-0.05, 0) is 91.7 Å². The Morgan fingerprint density at radius 1 is 0.371 bits per heavy atom. The molecule has 9 rings (SSSR count). The topological polar surface area (TPSA) is 3.24 Å². The fraction of sp³-hybridized carbons (Fsp3) is 0.118. The molecule has 0 N–H and O–H groups in total. The average molecular weight is 446 g/mol. The van der Waals surface area contributed by atoms with E-state index in [2.05, 4.69) is 95.9 Å². The van der Waals surface area contributed by atoms with Gasteiger partial charge in [0.1, 0.15) is 0 Å². The first-order valence-electron chi connectivity index (χ1n) is 12.7. The normalized spacial score (nSPS) is 14.9. The van der Waals surface area contributed by atoms with Crippen LogP contribution in [0.2, 0.25) is 0 Å². The van der Waals surface area contributed by atoms with E-state index in [1.165, 1.54) is 83.8 Å². The fourth-order valence-electron chi connectivity index (χ4n) is 7.14. The lowest BCUT2D eigenvalue weighted by molar-refractivity contribution is 1.01. The molecular formula is C34H23N. The van der Waals surface area contributed by atoms with Gasteiger partial charge in [0.15, 0.2) is 0 Å². The van der Waals surface area contributed by atoms with Crippen molar-refractivity contribution in [1.29, 1.82) is 0 Å². The number of hydrogen-bond acceptors (Lipinski definition) is 1. The lowest BCUT2D eigenvalue weighted by atomic mass is 9.84. The van der Waals surface area contributed by atoms with Gasteiger partial charge in [-0.1, -0.05) is 78.9 Å². The number of nitrogens with zero attached hydrogens (tertiary/aromatic N) is 1. The molecule has 0 fully saturated rings. The summed E-state index contributed by atoms with van der Waals surface area (Å²) in [5, 5.41) is 0. The van der Waals surface area contributed by atoms with E-state index >= 15 is 0 Å². The van der Waals surface area contributed by atoms with Crippen LogP contribution >= 0.6 is 0 Å². The van der Waals surface area contributed by atoms with Crippen molar-refractivity contribution in [3.8, 4) is 22.3 Å². The summed E-state index contributed by atoms with van der Waals surface area (Å²) in [5.41, 5.74) is 21.5. The number of fused-ring (bicyclic) bond motifs is 10. The maximum Gasteiger partial charge on any atom is 0.0532 e. The molecule has 0 unspecified atom stereocenters. The summed E-state index contributed by atoms with van der Waals surface area (Å²) >= 11 is 0. The van der Waals surface area contributed by atoms with Gasteiger partial charge in [0, 0.05) is 12.8 Å². The summed E-state index contributed by atoms with van der Waals surface area (Å²) in [7, 11) is 0. The molecule has 0 atom stereocenters. The van der Waals surface area contributed by atoms with E-state index in [0.717, 1.165) is 25.7 Å². The van der Waals surface area contributed by atoms with E-state index in [1.807, 2.05) is 0 Å². The van der Waals surface area contributed by atoms with E-state index in [0.29, 0.717) is 0 Å². The molecule has 0 bridgehead atoms. The monoisotopic (exact) mass is 445 g/mol. The lowest BCUT2D eigenvalue weighted by Gasteiger charge is -2.40. The minimum atomic E-state index is 1.02. The first-order chi connectivity index (χ1) is 17.3. The SMILES string of the molecule is c1ccc2c(c1)Cc1cc3c(cc1-2)N1c2cc4c(cc2Cc2cccc(c21)C3)Cc1ccccc1-4. The molecule has 0 spiro atoms. The highest BCUT2D eigenvalue weighted by Crippen LogP contribution is 2.54. The number of benzene rings is 5. The highest BCUT2D eigenvalue weighted by Gasteiger charge is 2.34. The Bertz CT molecular complexity index is 1630. The predicted molar refractivity (Wildman–Crippen MR) is 143 cm³/mol. The van der Waals surface area contributed by atoms with Gasteiger partial charge < -0.3 is 4.90 Å². The zero-order valence-electron chi connectivity index (χ0n) is 19.4. The molecular weight excluding hydrogens is 422 g/mol. The van der Waals surface area contributed by atoms with Crippen LogP contribution < -0.4 is 4.90 Å². The van der Waals surface area contributed by atoms with Crippen LogP contribution in [0.1, 0.15) is 44.5 Å². The number of anilines is 3. The van der Waals surface area contributed by atoms with Crippen molar-refractivity contribution < 1.29 is 0 Å². The van der Waals surface area contributed by atoms with Gasteiger partial charge >= 0.3 is 0 Å². The van der Waals surface area contributed by atoms with E-state index in [-0.39, 0.29) is 0 Å². The smallest absolute Gasteiger partial charge is 0.0532 e. The zero-order chi connectivity index (χ0) is 22.7. The van der Waals surface area contributed by atoms with E-state index in [4.69, 9.17) is 0 Å². The Morgan fingerprint density at radius 2 is 0.829 bits per heavy atom. The molecule has 5 aromatic rings. The van der Waals surface area contributed by atoms with E-state index in [1.54, 1.807) is 0 Å². The number of hydrogen-bond donors (Lipinski definition) is 0. The van der Waals surface area contributed by atoms with E-state index in [9.17, 15) is 0 Å². The summed E-state index contributed by atoms with van der Waals surface area (Å²) in [6.45, 7) is 0. The van der Waals surface area contributed by atoms with Crippen molar-refractivity contribution in [2.24, 2.45) is 0 Å². The maximum atomic E-state index is 2.60. The molecule has 5 aromatic carbocycles. The summed E-state index contributed by atoms with van der Waals surface area (Å²) in [6.07, 6.45) is 4.13. The van der Waals surface area contributed by atoms with Gasteiger partial charge in [0.25, 0.3) is 0 Å². The van der Waals surface area contributed by atoms with Crippen LogP contribution in [0.5, 0.6) is 0 Å². The average Bonchev–Trinajstić information content (AvgIpc) is 3.43. The lowest BCUT2D eigenvalue weighted by Crippen LogP contribution is -2.25. The highest BCUT2D eigenvalue weighted by molar-refractivity contribution is 5.94. The molecule has 4 aliphatic rings. The third-order valence-corrected chi connectivity index (χ3v) is 8.66. The molecule has 2 aliphatic heterocycles. The van der Waals surface area contributed by atoms with Crippen molar-refractivity contribution in [2.75, 3.05) is 4.90 Å². The quantitative estimate of drug-likeness (QED) is 0.228. The summed E-state index contributed by atoms with van der Waals surface area (Å²) in [4.78, 5) is 2.60. The predicted octanol–water partition coefficient (Wildman–Crippen LogP) is 8.11. The highest BCUT2D eigenvalue weighted by atomic mass is 15.2. The molecule has 1 heteroatoms.